The Morgan fingerprint density at radius 3 is 1.95 bits per heavy atom. The number of aryl methyl sites for hydroxylation is 1. The predicted octanol–water partition coefficient (Wildman–Crippen LogP) is 5.37. The lowest BCUT2D eigenvalue weighted by Crippen LogP contribution is -2.12. The molecule has 1 rings (SSSR count). The van der Waals surface area contributed by atoms with Crippen LogP contribution in [0.3, 0.4) is 0 Å². The molecule has 0 spiro atoms. The maximum absolute atomic E-state index is 12.2. The summed E-state index contributed by atoms with van der Waals surface area (Å²) in [5.74, 6) is 0. The van der Waals surface area contributed by atoms with Gasteiger partial charge < -0.3 is 9.05 Å². The molecule has 0 fully saturated rings. The average Bonchev–Trinajstić information content (AvgIpc) is 2.80. The average molecular weight is 332 g/mol. The fraction of sp³-hybridized carbons (Fsp3) is 0.750. The first-order valence-corrected chi connectivity index (χ1v) is 9.81. The molecule has 0 aliphatic rings. The van der Waals surface area contributed by atoms with Crippen LogP contribution in [0.25, 0.3) is 0 Å². The number of hydrogen-bond acceptors (Lipinski definition) is 4. The smallest absolute Gasteiger partial charge is 0.312 e. The van der Waals surface area contributed by atoms with Crippen molar-refractivity contribution in [3.63, 3.8) is 0 Å². The highest BCUT2D eigenvalue weighted by atomic mass is 32.1. The van der Waals surface area contributed by atoms with E-state index in [9.17, 15) is 4.57 Å². The van der Waals surface area contributed by atoms with Gasteiger partial charge in [-0.2, -0.15) is 0 Å². The molecule has 0 bridgehead atoms. The van der Waals surface area contributed by atoms with Gasteiger partial charge in [0.25, 0.3) is 0 Å². The van der Waals surface area contributed by atoms with Crippen molar-refractivity contribution in [2.75, 3.05) is 20.4 Å². The van der Waals surface area contributed by atoms with Gasteiger partial charge in [-0.1, -0.05) is 41.5 Å². The van der Waals surface area contributed by atoms with Gasteiger partial charge in [-0.05, 0) is 28.9 Å². The zero-order valence-corrected chi connectivity index (χ0v) is 16.3. The van der Waals surface area contributed by atoms with E-state index in [0.29, 0.717) is 6.16 Å². The van der Waals surface area contributed by atoms with E-state index < -0.39 is 7.60 Å². The highest BCUT2D eigenvalue weighted by Gasteiger charge is 2.28. The van der Waals surface area contributed by atoms with Crippen LogP contribution < -0.4 is 0 Å². The Hall–Kier alpha value is -0.150. The molecule has 0 atom stereocenters. The Morgan fingerprint density at radius 2 is 1.57 bits per heavy atom. The zero-order chi connectivity index (χ0) is 16.5. The van der Waals surface area contributed by atoms with Crippen LogP contribution in [0, 0.1) is 0 Å². The molecule has 0 saturated carbocycles. The first kappa shape index (κ1) is 18.9. The SMILES string of the molecule is COP(=O)(CCc1cc(C(C)(C)C)sc1C(C)(C)C)OC. The highest BCUT2D eigenvalue weighted by Crippen LogP contribution is 2.48. The second-order valence-corrected chi connectivity index (χ2v) is 10.9. The van der Waals surface area contributed by atoms with E-state index in [4.69, 9.17) is 9.05 Å². The van der Waals surface area contributed by atoms with E-state index in [2.05, 4.69) is 47.6 Å². The number of thiophene rings is 1. The van der Waals surface area contributed by atoms with Gasteiger partial charge in [0.15, 0.2) is 0 Å². The first-order valence-electron chi connectivity index (χ1n) is 7.27. The van der Waals surface area contributed by atoms with Gasteiger partial charge in [0.2, 0.25) is 0 Å². The summed E-state index contributed by atoms with van der Waals surface area (Å²) in [7, 11) is -0.0504. The minimum absolute atomic E-state index is 0.0909. The van der Waals surface area contributed by atoms with Crippen LogP contribution in [-0.4, -0.2) is 20.4 Å². The molecule has 0 N–H and O–H groups in total. The summed E-state index contributed by atoms with van der Waals surface area (Å²) in [5, 5.41) is 0. The molecule has 122 valence electrons. The minimum atomic E-state index is -2.95. The van der Waals surface area contributed by atoms with E-state index in [-0.39, 0.29) is 10.8 Å². The molecule has 0 aliphatic heterocycles. The molecule has 1 heterocycles. The lowest BCUT2D eigenvalue weighted by molar-refractivity contribution is 0.276. The van der Waals surface area contributed by atoms with Crippen molar-refractivity contribution in [2.45, 2.75) is 58.8 Å². The monoisotopic (exact) mass is 332 g/mol. The van der Waals surface area contributed by atoms with Crippen molar-refractivity contribution >= 4 is 18.9 Å². The first-order chi connectivity index (χ1) is 9.43. The summed E-state index contributed by atoms with van der Waals surface area (Å²) in [6.07, 6.45) is 1.14. The van der Waals surface area contributed by atoms with Crippen LogP contribution in [0.4, 0.5) is 0 Å². The fourth-order valence-corrected chi connectivity index (χ4v) is 4.49. The van der Waals surface area contributed by atoms with E-state index in [1.807, 2.05) is 11.3 Å². The lowest BCUT2D eigenvalue weighted by atomic mass is 9.89. The van der Waals surface area contributed by atoms with Crippen molar-refractivity contribution in [3.8, 4) is 0 Å². The Balaban J connectivity index is 3.11. The van der Waals surface area contributed by atoms with E-state index in [1.54, 1.807) is 0 Å². The van der Waals surface area contributed by atoms with Gasteiger partial charge in [-0.15, -0.1) is 11.3 Å². The predicted molar refractivity (Wildman–Crippen MR) is 91.9 cm³/mol. The molecule has 0 radical (unpaired) electrons. The van der Waals surface area contributed by atoms with Gasteiger partial charge in [0.05, 0.1) is 6.16 Å². The maximum atomic E-state index is 12.2. The molecule has 0 saturated heterocycles. The second kappa shape index (κ2) is 6.54. The number of rotatable bonds is 5. The van der Waals surface area contributed by atoms with E-state index >= 15 is 0 Å². The van der Waals surface area contributed by atoms with Gasteiger partial charge in [0.1, 0.15) is 0 Å². The summed E-state index contributed by atoms with van der Waals surface area (Å²) < 4.78 is 22.3. The van der Waals surface area contributed by atoms with Crippen molar-refractivity contribution in [2.24, 2.45) is 0 Å². The molecule has 1 aromatic rings. The maximum Gasteiger partial charge on any atom is 0.330 e. The molecule has 1 aromatic heterocycles. The van der Waals surface area contributed by atoms with Crippen molar-refractivity contribution in [1.29, 1.82) is 0 Å². The van der Waals surface area contributed by atoms with Gasteiger partial charge >= 0.3 is 7.60 Å². The summed E-state index contributed by atoms with van der Waals surface area (Å²) in [5.41, 5.74) is 1.50. The van der Waals surface area contributed by atoms with E-state index in [1.165, 1.54) is 29.5 Å². The molecule has 3 nitrogen and oxygen atoms in total. The summed E-state index contributed by atoms with van der Waals surface area (Å²) >= 11 is 1.87. The van der Waals surface area contributed by atoms with Crippen LogP contribution in [0.15, 0.2) is 6.07 Å². The molecule has 0 aromatic carbocycles. The second-order valence-electron chi connectivity index (χ2n) is 7.41. The van der Waals surface area contributed by atoms with Gasteiger partial charge in [-0.3, -0.25) is 4.57 Å². The minimum Gasteiger partial charge on any atom is -0.312 e. The highest BCUT2D eigenvalue weighted by molar-refractivity contribution is 7.53. The fourth-order valence-electron chi connectivity index (χ4n) is 2.13. The van der Waals surface area contributed by atoms with Crippen molar-refractivity contribution in [3.05, 3.63) is 21.4 Å². The Morgan fingerprint density at radius 1 is 1.05 bits per heavy atom. The summed E-state index contributed by atoms with van der Waals surface area (Å²) in [6.45, 7) is 13.3. The molecular formula is C16H29O3PS. The van der Waals surface area contributed by atoms with Crippen LogP contribution in [0.2, 0.25) is 0 Å². The summed E-state index contributed by atoms with van der Waals surface area (Å²) in [6, 6.07) is 2.26. The third-order valence-corrected chi connectivity index (χ3v) is 7.35. The topological polar surface area (TPSA) is 35.5 Å². The number of hydrogen-bond donors (Lipinski definition) is 0. The van der Waals surface area contributed by atoms with Crippen LogP contribution in [-0.2, 0) is 30.9 Å². The zero-order valence-electron chi connectivity index (χ0n) is 14.6. The van der Waals surface area contributed by atoms with Gasteiger partial charge in [0, 0.05) is 24.0 Å². The lowest BCUT2D eigenvalue weighted by Gasteiger charge is -2.20. The third kappa shape index (κ3) is 4.92. The van der Waals surface area contributed by atoms with Gasteiger partial charge in [-0.25, -0.2) is 0 Å². The quantitative estimate of drug-likeness (QED) is 0.680. The largest absolute Gasteiger partial charge is 0.330 e. The van der Waals surface area contributed by atoms with Crippen molar-refractivity contribution < 1.29 is 13.6 Å². The summed E-state index contributed by atoms with van der Waals surface area (Å²) in [4.78, 5) is 2.73. The molecular weight excluding hydrogens is 303 g/mol. The molecule has 5 heteroatoms. The molecule has 21 heavy (non-hydrogen) atoms. The van der Waals surface area contributed by atoms with E-state index in [0.717, 1.165) is 6.42 Å². The van der Waals surface area contributed by atoms with Crippen molar-refractivity contribution in [1.82, 2.24) is 0 Å². The van der Waals surface area contributed by atoms with Crippen LogP contribution in [0.1, 0.15) is 56.9 Å². The van der Waals surface area contributed by atoms with Crippen LogP contribution in [0.5, 0.6) is 0 Å². The molecule has 0 unspecified atom stereocenters. The normalized spacial score (nSPS) is 13.7. The van der Waals surface area contributed by atoms with Crippen LogP contribution >= 0.6 is 18.9 Å². The Labute approximate surface area is 133 Å². The molecule has 0 amide bonds. The Bertz CT molecular complexity index is 513. The Kier molecular flexibility index (Phi) is 5.88. The standard InChI is InChI=1S/C16H29O3PS/c1-15(2,3)13-11-12(14(21-13)16(4,5)6)9-10-20(17,18-7)19-8/h11H,9-10H2,1-8H3. The third-order valence-electron chi connectivity index (χ3n) is 3.44. The molecule has 0 aliphatic carbocycles.